The van der Waals surface area contributed by atoms with Gasteiger partial charge in [0.15, 0.2) is 0 Å². The zero-order chi connectivity index (χ0) is 24.7. The summed E-state index contributed by atoms with van der Waals surface area (Å²) in [5, 5.41) is 1.26. The van der Waals surface area contributed by atoms with Gasteiger partial charge in [-0.15, -0.1) is 0 Å². The van der Waals surface area contributed by atoms with Crippen molar-refractivity contribution >= 4 is 10.9 Å². The van der Waals surface area contributed by atoms with Crippen LogP contribution in [-0.4, -0.2) is 65.5 Å². The zero-order valence-corrected chi connectivity index (χ0v) is 21.3. The highest BCUT2D eigenvalue weighted by atomic mass is 19.1. The molecule has 4 nitrogen and oxygen atoms in total. The maximum atomic E-state index is 15.0. The predicted octanol–water partition coefficient (Wildman–Crippen LogP) is 6.23. The maximum absolute atomic E-state index is 15.0. The number of nitrogens with zero attached hydrogens (tertiary/aromatic N) is 2. The molecule has 2 aromatic carbocycles. The number of fused-ring (bicyclic) bond motifs is 3. The van der Waals surface area contributed by atoms with Gasteiger partial charge in [0.2, 0.25) is 0 Å². The molecule has 0 amide bonds. The van der Waals surface area contributed by atoms with Gasteiger partial charge in [0.1, 0.15) is 17.5 Å². The summed E-state index contributed by atoms with van der Waals surface area (Å²) in [6, 6.07) is 14.9. The van der Waals surface area contributed by atoms with Crippen molar-refractivity contribution in [3.8, 4) is 5.75 Å². The first-order chi connectivity index (χ1) is 16.7. The molecular formula is C29H39F2N3O. The Balaban J connectivity index is 0.00000304. The van der Waals surface area contributed by atoms with Crippen LogP contribution in [0.1, 0.15) is 57.0 Å². The third-order valence-electron chi connectivity index (χ3n) is 7.45. The van der Waals surface area contributed by atoms with Crippen LogP contribution in [0.4, 0.5) is 8.78 Å². The van der Waals surface area contributed by atoms with Gasteiger partial charge in [-0.2, -0.15) is 0 Å². The fraction of sp³-hybridized carbons (Fsp3) is 0.517. The van der Waals surface area contributed by atoms with Gasteiger partial charge in [-0.25, -0.2) is 4.39 Å². The van der Waals surface area contributed by atoms with Gasteiger partial charge in [-0.05, 0) is 75.4 Å². The van der Waals surface area contributed by atoms with Crippen molar-refractivity contribution in [3.63, 3.8) is 0 Å². The molecule has 3 heterocycles. The molecule has 3 aromatic rings. The summed E-state index contributed by atoms with van der Waals surface area (Å²) < 4.78 is 33.6. The summed E-state index contributed by atoms with van der Waals surface area (Å²) in [5.74, 6) is 0.861. The lowest BCUT2D eigenvalue weighted by Gasteiger charge is -2.43. The maximum Gasteiger partial charge on any atom is 0.124 e. The second kappa shape index (κ2) is 9.55. The standard InChI is InChI=1S/C29H37F2N3O.H2/c1-19-14-21(35-22-16-33(17-22)13-7-12-30)10-11-23(19)28-27-25(24-8-5-6-9-26(24)32-27)15-20(2)34(28)18-29(3,4)31;/h5-6,8-11,14,20,22,28,32H,7,12-13,15-18H2,1-4H3;1H/t20-,28-;/m1./s1. The van der Waals surface area contributed by atoms with Gasteiger partial charge in [0.05, 0.1) is 12.7 Å². The first-order valence-corrected chi connectivity index (χ1v) is 12.8. The lowest BCUT2D eigenvalue weighted by atomic mass is 9.86. The van der Waals surface area contributed by atoms with E-state index in [9.17, 15) is 8.78 Å². The van der Waals surface area contributed by atoms with E-state index in [1.54, 1.807) is 13.8 Å². The van der Waals surface area contributed by atoms with Gasteiger partial charge in [-0.1, -0.05) is 24.3 Å². The summed E-state index contributed by atoms with van der Waals surface area (Å²) in [4.78, 5) is 8.23. The first kappa shape index (κ1) is 24.3. The van der Waals surface area contributed by atoms with Crippen molar-refractivity contribution in [2.24, 2.45) is 0 Å². The minimum atomic E-state index is -1.30. The average molecular weight is 484 g/mol. The number of H-pyrrole nitrogens is 1. The molecule has 0 saturated carbocycles. The van der Waals surface area contributed by atoms with Crippen molar-refractivity contribution in [2.75, 3.05) is 32.9 Å². The molecule has 1 fully saturated rings. The number of para-hydroxylation sites is 1. The molecule has 1 aromatic heterocycles. The van der Waals surface area contributed by atoms with Crippen molar-refractivity contribution in [1.29, 1.82) is 0 Å². The molecule has 2 aliphatic rings. The van der Waals surface area contributed by atoms with Crippen LogP contribution >= 0.6 is 0 Å². The Morgan fingerprint density at radius 3 is 2.66 bits per heavy atom. The monoisotopic (exact) mass is 483 g/mol. The summed E-state index contributed by atoms with van der Waals surface area (Å²) >= 11 is 0. The number of hydrogen-bond acceptors (Lipinski definition) is 3. The van der Waals surface area contributed by atoms with E-state index in [-0.39, 0.29) is 26.3 Å². The summed E-state index contributed by atoms with van der Waals surface area (Å²) in [7, 11) is 0. The highest BCUT2D eigenvalue weighted by Gasteiger charge is 2.39. The van der Waals surface area contributed by atoms with Crippen LogP contribution < -0.4 is 4.74 Å². The molecule has 0 spiro atoms. The summed E-state index contributed by atoms with van der Waals surface area (Å²) in [6.07, 6.45) is 1.63. The smallest absolute Gasteiger partial charge is 0.124 e. The number of ether oxygens (including phenoxy) is 1. The molecule has 0 radical (unpaired) electrons. The first-order valence-electron chi connectivity index (χ1n) is 12.8. The quantitative estimate of drug-likeness (QED) is 0.412. The number of rotatable bonds is 8. The Kier molecular flexibility index (Phi) is 6.62. The number of aromatic amines is 1. The number of benzene rings is 2. The lowest BCUT2D eigenvalue weighted by molar-refractivity contribution is 0.0183. The topological polar surface area (TPSA) is 31.5 Å². The minimum Gasteiger partial charge on any atom is -0.488 e. The molecule has 1 N–H and O–H groups in total. The van der Waals surface area contributed by atoms with Crippen molar-refractivity contribution in [2.45, 2.75) is 64.4 Å². The Hall–Kier alpha value is -2.44. The van der Waals surface area contributed by atoms with E-state index in [1.165, 1.54) is 22.2 Å². The van der Waals surface area contributed by atoms with Crippen LogP contribution in [0.5, 0.6) is 5.75 Å². The highest BCUT2D eigenvalue weighted by molar-refractivity contribution is 5.85. The fourth-order valence-electron chi connectivity index (χ4n) is 5.81. The van der Waals surface area contributed by atoms with Crippen LogP contribution in [0.2, 0.25) is 0 Å². The van der Waals surface area contributed by atoms with Crippen LogP contribution in [0.25, 0.3) is 10.9 Å². The van der Waals surface area contributed by atoms with E-state index < -0.39 is 5.67 Å². The molecule has 0 bridgehead atoms. The Morgan fingerprint density at radius 1 is 1.17 bits per heavy atom. The fourth-order valence-corrected chi connectivity index (χ4v) is 5.81. The number of likely N-dealkylation sites (tertiary alicyclic amines) is 1. The van der Waals surface area contributed by atoms with E-state index in [4.69, 9.17) is 4.74 Å². The van der Waals surface area contributed by atoms with Crippen LogP contribution in [0.15, 0.2) is 42.5 Å². The van der Waals surface area contributed by atoms with Crippen molar-refractivity contribution in [1.82, 2.24) is 14.8 Å². The molecule has 0 aliphatic carbocycles. The van der Waals surface area contributed by atoms with E-state index in [2.05, 4.69) is 65.0 Å². The number of halogens is 2. The SMILES string of the molecule is Cc1cc(OC2CN(CCCF)C2)ccc1[C@@H]1c2[nH]c3ccccc3c2C[C@@H](C)N1CC(C)(C)F.[HH]. The second-order valence-corrected chi connectivity index (χ2v) is 11.0. The number of aryl methyl sites for hydroxylation is 1. The molecule has 35 heavy (non-hydrogen) atoms. The van der Waals surface area contributed by atoms with E-state index >= 15 is 0 Å². The average Bonchev–Trinajstić information content (AvgIpc) is 3.13. The molecule has 6 heteroatoms. The van der Waals surface area contributed by atoms with Crippen LogP contribution in [0, 0.1) is 6.92 Å². The minimum absolute atomic E-state index is 0. The molecule has 2 atom stereocenters. The summed E-state index contributed by atoms with van der Waals surface area (Å²) in [6.45, 7) is 10.2. The highest BCUT2D eigenvalue weighted by Crippen LogP contribution is 2.43. The molecule has 2 aliphatic heterocycles. The summed E-state index contributed by atoms with van der Waals surface area (Å²) in [5.41, 5.74) is 4.67. The molecule has 5 rings (SSSR count). The largest absolute Gasteiger partial charge is 0.488 e. The molecule has 0 unspecified atom stereocenters. The van der Waals surface area contributed by atoms with Gasteiger partial charge < -0.3 is 9.72 Å². The lowest BCUT2D eigenvalue weighted by Crippen LogP contribution is -2.53. The Morgan fingerprint density at radius 2 is 1.94 bits per heavy atom. The normalized spacial score (nSPS) is 21.8. The van der Waals surface area contributed by atoms with E-state index in [0.29, 0.717) is 13.0 Å². The third kappa shape index (κ3) is 4.96. The Bertz CT molecular complexity index is 1180. The van der Waals surface area contributed by atoms with Crippen LogP contribution in [-0.2, 0) is 6.42 Å². The number of hydrogen-bond donors (Lipinski definition) is 1. The van der Waals surface area contributed by atoms with Crippen molar-refractivity contribution in [3.05, 3.63) is 64.8 Å². The molecule has 190 valence electrons. The predicted molar refractivity (Wildman–Crippen MR) is 140 cm³/mol. The number of nitrogens with one attached hydrogen (secondary N) is 1. The van der Waals surface area contributed by atoms with Gasteiger partial charge in [-0.3, -0.25) is 14.2 Å². The van der Waals surface area contributed by atoms with Gasteiger partial charge in [0, 0.05) is 50.2 Å². The Labute approximate surface area is 208 Å². The van der Waals surface area contributed by atoms with Gasteiger partial charge in [0.25, 0.3) is 0 Å². The van der Waals surface area contributed by atoms with E-state index in [1.807, 2.05) is 6.07 Å². The van der Waals surface area contributed by atoms with E-state index in [0.717, 1.165) is 42.9 Å². The second-order valence-electron chi connectivity index (χ2n) is 11.0. The van der Waals surface area contributed by atoms with Gasteiger partial charge >= 0.3 is 0 Å². The van der Waals surface area contributed by atoms with Crippen LogP contribution in [0.3, 0.4) is 0 Å². The molecule has 1 saturated heterocycles. The van der Waals surface area contributed by atoms with Crippen molar-refractivity contribution < 1.29 is 14.9 Å². The number of alkyl halides is 2. The number of aromatic nitrogens is 1. The third-order valence-corrected chi connectivity index (χ3v) is 7.45. The molecular weight excluding hydrogens is 444 g/mol. The zero-order valence-electron chi connectivity index (χ0n) is 21.3.